The molecule has 0 unspecified atom stereocenters. The average molecular weight is 742 g/mol. The number of hydrogen-bond acceptors (Lipinski definition) is 7. The molecule has 270 valence electrons. The largest absolute Gasteiger partial charge is 0.381 e. The second-order valence-electron chi connectivity index (χ2n) is 13.3. The fourth-order valence-electron chi connectivity index (χ4n) is 7.23. The molecule has 5 aromatic rings. The third-order valence-electron chi connectivity index (χ3n) is 9.99. The highest BCUT2D eigenvalue weighted by Crippen LogP contribution is 2.44. The SMILES string of the molecule is O=C(Nc1ccc(C(=O)N2CCc3c(sc(C(=O)Nc4c(F)cc(F)cc4F)c3F)-c3ccccc32)cc1)c1cccnc1N1CC2(CCOCC2)C1. The zero-order chi connectivity index (χ0) is 36.9. The van der Waals surface area contributed by atoms with Crippen LogP contribution in [0.25, 0.3) is 10.4 Å². The monoisotopic (exact) mass is 741 g/mol. The molecule has 0 bridgehead atoms. The van der Waals surface area contributed by atoms with Gasteiger partial charge in [-0.05, 0) is 61.7 Å². The number of anilines is 4. The highest BCUT2D eigenvalue weighted by molar-refractivity contribution is 7.17. The molecule has 0 aliphatic carbocycles. The maximum absolute atomic E-state index is 15.9. The van der Waals surface area contributed by atoms with Crippen LogP contribution in [0.2, 0.25) is 0 Å². The predicted molar refractivity (Wildman–Crippen MR) is 193 cm³/mol. The molecule has 53 heavy (non-hydrogen) atoms. The third-order valence-corrected chi connectivity index (χ3v) is 11.2. The number of hydrogen-bond donors (Lipinski definition) is 2. The van der Waals surface area contributed by atoms with Gasteiger partial charge in [-0.1, -0.05) is 18.2 Å². The van der Waals surface area contributed by atoms with E-state index >= 15 is 4.39 Å². The van der Waals surface area contributed by atoms with Crippen LogP contribution in [0.5, 0.6) is 0 Å². The predicted octanol–water partition coefficient (Wildman–Crippen LogP) is 7.69. The van der Waals surface area contributed by atoms with Crippen LogP contribution in [0.15, 0.2) is 79.0 Å². The van der Waals surface area contributed by atoms with Gasteiger partial charge in [-0.3, -0.25) is 14.4 Å². The van der Waals surface area contributed by atoms with Gasteiger partial charge in [0.05, 0.1) is 11.3 Å². The number of ether oxygens (including phenoxy) is 1. The lowest BCUT2D eigenvalue weighted by Gasteiger charge is -2.53. The standard InChI is InChI=1S/C39H31F4N5O4S/c40-23-18-28(41)32(29(42)19-23)46-37(50)34-31(43)26-11-15-48(30-6-2-1-4-25(30)33(26)53-34)38(51)22-7-9-24(10-8-22)45-36(49)27-5-3-14-44-35(27)47-20-39(21-47)12-16-52-17-13-39/h1-10,14,18-19H,11-13,15-17,20-21H2,(H,45,49)(H,46,50). The van der Waals surface area contributed by atoms with Gasteiger partial charge in [-0.25, -0.2) is 22.5 Å². The van der Waals surface area contributed by atoms with Crippen molar-refractivity contribution >= 4 is 51.9 Å². The Labute approximate surface area is 305 Å². The summed E-state index contributed by atoms with van der Waals surface area (Å²) in [5.41, 5.74) is 1.73. The van der Waals surface area contributed by atoms with Crippen molar-refractivity contribution in [2.45, 2.75) is 19.3 Å². The van der Waals surface area contributed by atoms with Crippen molar-refractivity contribution in [3.63, 3.8) is 0 Å². The Balaban J connectivity index is 0.983. The lowest BCUT2D eigenvalue weighted by Crippen LogP contribution is -2.59. The highest BCUT2D eigenvalue weighted by Gasteiger charge is 2.45. The van der Waals surface area contributed by atoms with Crippen molar-refractivity contribution in [2.24, 2.45) is 5.41 Å². The summed E-state index contributed by atoms with van der Waals surface area (Å²) >= 11 is 0.792. The molecule has 5 heterocycles. The Morgan fingerprint density at radius 2 is 1.57 bits per heavy atom. The van der Waals surface area contributed by atoms with Gasteiger partial charge in [0, 0.05) is 83.8 Å². The van der Waals surface area contributed by atoms with Gasteiger partial charge in [0.15, 0.2) is 17.5 Å². The zero-order valence-electron chi connectivity index (χ0n) is 28.1. The lowest BCUT2D eigenvalue weighted by atomic mass is 9.73. The summed E-state index contributed by atoms with van der Waals surface area (Å²) in [4.78, 5) is 48.6. The van der Waals surface area contributed by atoms with Crippen LogP contribution in [0, 0.1) is 28.7 Å². The molecule has 2 aromatic heterocycles. The summed E-state index contributed by atoms with van der Waals surface area (Å²) in [7, 11) is 0. The average Bonchev–Trinajstić information content (AvgIpc) is 3.38. The van der Waals surface area contributed by atoms with E-state index < -0.39 is 39.7 Å². The Morgan fingerprint density at radius 3 is 2.30 bits per heavy atom. The van der Waals surface area contributed by atoms with E-state index in [1.807, 2.05) is 5.32 Å². The molecule has 0 radical (unpaired) electrons. The molecule has 0 atom stereocenters. The normalized spacial score (nSPS) is 15.9. The number of para-hydroxylation sites is 1. The molecule has 14 heteroatoms. The van der Waals surface area contributed by atoms with E-state index in [1.54, 1.807) is 66.9 Å². The maximum Gasteiger partial charge on any atom is 0.268 e. The number of thiophene rings is 1. The Kier molecular flexibility index (Phi) is 8.95. The van der Waals surface area contributed by atoms with E-state index in [4.69, 9.17) is 4.74 Å². The molecule has 0 saturated carbocycles. The summed E-state index contributed by atoms with van der Waals surface area (Å²) in [6.07, 6.45) is 3.69. The second-order valence-corrected chi connectivity index (χ2v) is 14.4. The van der Waals surface area contributed by atoms with Crippen molar-refractivity contribution < 1.29 is 36.7 Å². The summed E-state index contributed by atoms with van der Waals surface area (Å²) in [6.45, 7) is 3.19. The minimum atomic E-state index is -1.34. The van der Waals surface area contributed by atoms with Gasteiger partial charge < -0.3 is 25.2 Å². The van der Waals surface area contributed by atoms with E-state index in [2.05, 4.69) is 15.2 Å². The number of carbonyl (C=O) groups excluding carboxylic acids is 3. The van der Waals surface area contributed by atoms with E-state index in [9.17, 15) is 27.6 Å². The van der Waals surface area contributed by atoms with Crippen molar-refractivity contribution in [2.75, 3.05) is 53.3 Å². The van der Waals surface area contributed by atoms with Gasteiger partial charge in [-0.2, -0.15) is 0 Å². The molecule has 2 saturated heterocycles. The Morgan fingerprint density at radius 1 is 0.849 bits per heavy atom. The smallest absolute Gasteiger partial charge is 0.268 e. The number of nitrogens with one attached hydrogen (secondary N) is 2. The number of nitrogens with zero attached hydrogens (tertiary/aromatic N) is 3. The summed E-state index contributed by atoms with van der Waals surface area (Å²) in [5, 5.41) is 4.94. The number of benzene rings is 3. The minimum Gasteiger partial charge on any atom is -0.381 e. The van der Waals surface area contributed by atoms with Crippen LogP contribution in [0.1, 0.15) is 48.8 Å². The first-order valence-corrected chi connectivity index (χ1v) is 17.8. The number of aromatic nitrogens is 1. The van der Waals surface area contributed by atoms with Crippen molar-refractivity contribution in [1.29, 1.82) is 0 Å². The molecule has 2 fully saturated rings. The second kappa shape index (κ2) is 13.7. The first kappa shape index (κ1) is 34.5. The molecule has 3 aromatic carbocycles. The fourth-order valence-corrected chi connectivity index (χ4v) is 8.39. The molecule has 8 rings (SSSR count). The quantitative estimate of drug-likeness (QED) is 0.173. The number of halogens is 4. The topological polar surface area (TPSA) is 104 Å². The number of carbonyl (C=O) groups is 3. The third kappa shape index (κ3) is 6.42. The van der Waals surface area contributed by atoms with Crippen molar-refractivity contribution in [3.8, 4) is 10.4 Å². The molecular weight excluding hydrogens is 711 g/mol. The summed E-state index contributed by atoms with van der Waals surface area (Å²) in [5.74, 6) is -5.85. The molecule has 3 aliphatic heterocycles. The zero-order valence-corrected chi connectivity index (χ0v) is 28.9. The van der Waals surface area contributed by atoms with Gasteiger partial charge >= 0.3 is 0 Å². The Hall–Kier alpha value is -5.60. The number of amides is 3. The van der Waals surface area contributed by atoms with Crippen LogP contribution in [0.4, 0.5) is 40.4 Å². The van der Waals surface area contributed by atoms with Gasteiger partial charge in [0.25, 0.3) is 17.7 Å². The summed E-state index contributed by atoms with van der Waals surface area (Å²) < 4.78 is 63.2. The Bertz CT molecular complexity index is 2240. The maximum atomic E-state index is 15.9. The minimum absolute atomic E-state index is 0.0398. The van der Waals surface area contributed by atoms with E-state index in [0.717, 1.165) is 50.5 Å². The first-order chi connectivity index (χ1) is 25.6. The lowest BCUT2D eigenvalue weighted by molar-refractivity contribution is -0.000510. The molecule has 1 spiro atoms. The van der Waals surface area contributed by atoms with E-state index in [-0.39, 0.29) is 35.8 Å². The van der Waals surface area contributed by atoms with Crippen LogP contribution in [0.3, 0.4) is 0 Å². The van der Waals surface area contributed by atoms with Crippen molar-refractivity contribution in [3.05, 3.63) is 124 Å². The van der Waals surface area contributed by atoms with E-state index in [0.29, 0.717) is 50.9 Å². The highest BCUT2D eigenvalue weighted by atomic mass is 32.1. The van der Waals surface area contributed by atoms with Gasteiger partial charge in [-0.15, -0.1) is 11.3 Å². The van der Waals surface area contributed by atoms with Gasteiger partial charge in [0.1, 0.15) is 22.2 Å². The molecule has 2 N–H and O–H groups in total. The van der Waals surface area contributed by atoms with Crippen molar-refractivity contribution in [1.82, 2.24) is 4.98 Å². The van der Waals surface area contributed by atoms with Crippen LogP contribution in [-0.2, 0) is 11.2 Å². The molecule has 3 aliphatic rings. The number of rotatable bonds is 6. The number of pyridine rings is 1. The van der Waals surface area contributed by atoms with Gasteiger partial charge in [0.2, 0.25) is 0 Å². The molecule has 3 amide bonds. The van der Waals surface area contributed by atoms with Crippen LogP contribution in [-0.4, -0.2) is 55.6 Å². The molecular formula is C39H31F4N5O4S. The summed E-state index contributed by atoms with van der Waals surface area (Å²) in [6, 6.07) is 17.6. The molecule has 9 nitrogen and oxygen atoms in total. The fraction of sp³-hybridized carbons (Fsp3) is 0.231. The number of fused-ring (bicyclic) bond motifs is 3. The van der Waals surface area contributed by atoms with E-state index in [1.165, 1.54) is 4.90 Å². The first-order valence-electron chi connectivity index (χ1n) is 17.0. The van der Waals surface area contributed by atoms with Crippen LogP contribution >= 0.6 is 11.3 Å². The van der Waals surface area contributed by atoms with Crippen LogP contribution < -0.4 is 20.4 Å².